The Kier molecular flexibility index (Phi) is 5.04. The molecule has 2 aromatic carbocycles. The van der Waals surface area contributed by atoms with Crippen LogP contribution in [0, 0.1) is 16.3 Å². The van der Waals surface area contributed by atoms with Gasteiger partial charge in [-0.15, -0.1) is 0 Å². The largest absolute Gasteiger partial charge is 0.496 e. The topological polar surface area (TPSA) is 35.2 Å². The van der Waals surface area contributed by atoms with E-state index < -0.39 is 0 Å². The molecule has 0 fully saturated rings. The first-order valence-corrected chi connectivity index (χ1v) is 7.85. The molecular formula is C15H14BrFINO. The number of halogens is 3. The second-order valence-corrected chi connectivity index (χ2v) is 6.50. The number of nitrogens with two attached hydrogens (primary N) is 1. The van der Waals surface area contributed by atoms with Crippen molar-refractivity contribution in [1.29, 1.82) is 0 Å². The Labute approximate surface area is 139 Å². The van der Waals surface area contributed by atoms with Gasteiger partial charge in [0, 0.05) is 13.6 Å². The summed E-state index contributed by atoms with van der Waals surface area (Å²) in [4.78, 5) is 0. The van der Waals surface area contributed by atoms with Crippen LogP contribution in [0.4, 0.5) is 4.39 Å². The molecule has 0 bridgehead atoms. The van der Waals surface area contributed by atoms with Crippen LogP contribution in [0.5, 0.6) is 5.75 Å². The van der Waals surface area contributed by atoms with E-state index in [2.05, 4.69) is 38.5 Å². The van der Waals surface area contributed by atoms with Gasteiger partial charge in [0.05, 0.1) is 13.2 Å². The molecule has 0 saturated carbocycles. The number of ether oxygens (including phenoxy) is 1. The Morgan fingerprint density at radius 2 is 1.95 bits per heavy atom. The molecule has 0 heterocycles. The van der Waals surface area contributed by atoms with E-state index in [0.29, 0.717) is 0 Å². The van der Waals surface area contributed by atoms with Crippen LogP contribution in [0.25, 0.3) is 0 Å². The molecule has 0 saturated heterocycles. The predicted molar refractivity (Wildman–Crippen MR) is 90.6 cm³/mol. The molecule has 2 aromatic rings. The van der Waals surface area contributed by atoms with Crippen LogP contribution >= 0.6 is 38.5 Å². The zero-order valence-electron chi connectivity index (χ0n) is 11.1. The van der Waals surface area contributed by atoms with Crippen LogP contribution < -0.4 is 10.5 Å². The first-order valence-electron chi connectivity index (χ1n) is 5.98. The summed E-state index contributed by atoms with van der Waals surface area (Å²) < 4.78 is 20.4. The second-order valence-electron chi connectivity index (χ2n) is 4.49. The van der Waals surface area contributed by atoms with Crippen molar-refractivity contribution in [1.82, 2.24) is 0 Å². The third kappa shape index (κ3) is 3.15. The highest BCUT2D eigenvalue weighted by Gasteiger charge is 2.18. The van der Waals surface area contributed by atoms with Crippen LogP contribution in [-0.2, 0) is 0 Å². The molecule has 0 aliphatic heterocycles. The standard InChI is InChI=1S/C15H14BrFINO/c1-8-5-14(20-2)11(7-12(8)16)15(19)10-4-3-9(17)6-13(10)18/h3-7,15H,19H2,1-2H3. The molecule has 0 spiro atoms. The van der Waals surface area contributed by atoms with Crippen molar-refractivity contribution in [2.75, 3.05) is 7.11 Å². The quantitative estimate of drug-likeness (QED) is 0.697. The van der Waals surface area contributed by atoms with E-state index in [-0.39, 0.29) is 11.9 Å². The highest BCUT2D eigenvalue weighted by molar-refractivity contribution is 14.1. The van der Waals surface area contributed by atoms with Crippen molar-refractivity contribution in [3.05, 3.63) is 60.9 Å². The molecule has 0 radical (unpaired) electrons. The average molecular weight is 450 g/mol. The zero-order chi connectivity index (χ0) is 14.9. The van der Waals surface area contributed by atoms with Crippen LogP contribution in [0.2, 0.25) is 0 Å². The molecule has 1 unspecified atom stereocenters. The van der Waals surface area contributed by atoms with Gasteiger partial charge in [-0.25, -0.2) is 4.39 Å². The molecule has 1 atom stereocenters. The van der Waals surface area contributed by atoms with Gasteiger partial charge >= 0.3 is 0 Å². The lowest BCUT2D eigenvalue weighted by molar-refractivity contribution is 0.407. The summed E-state index contributed by atoms with van der Waals surface area (Å²) in [6.07, 6.45) is 0. The predicted octanol–water partition coefficient (Wildman–Crippen LogP) is 4.56. The van der Waals surface area contributed by atoms with Crippen molar-refractivity contribution >= 4 is 38.5 Å². The third-order valence-corrected chi connectivity index (χ3v) is 4.93. The lowest BCUT2D eigenvalue weighted by Gasteiger charge is -2.19. The maximum Gasteiger partial charge on any atom is 0.124 e. The minimum atomic E-state index is -0.366. The number of aryl methyl sites for hydroxylation is 1. The first-order chi connectivity index (χ1) is 9.43. The van der Waals surface area contributed by atoms with Gasteiger partial charge in [0.15, 0.2) is 0 Å². The summed E-state index contributed by atoms with van der Waals surface area (Å²) in [5, 5.41) is 0. The van der Waals surface area contributed by atoms with E-state index in [9.17, 15) is 4.39 Å². The van der Waals surface area contributed by atoms with Gasteiger partial charge in [0.25, 0.3) is 0 Å². The highest BCUT2D eigenvalue weighted by atomic mass is 127. The number of methoxy groups -OCH3 is 1. The summed E-state index contributed by atoms with van der Waals surface area (Å²) in [6.45, 7) is 1.99. The van der Waals surface area contributed by atoms with Crippen molar-refractivity contribution in [2.24, 2.45) is 5.73 Å². The Morgan fingerprint density at radius 3 is 2.55 bits per heavy atom. The van der Waals surface area contributed by atoms with E-state index in [1.54, 1.807) is 13.2 Å². The van der Waals surface area contributed by atoms with Gasteiger partial charge in [-0.05, 0) is 64.9 Å². The molecule has 0 amide bonds. The van der Waals surface area contributed by atoms with Crippen molar-refractivity contribution in [3.8, 4) is 5.75 Å². The number of hydrogen-bond acceptors (Lipinski definition) is 2. The number of hydrogen-bond donors (Lipinski definition) is 1. The van der Waals surface area contributed by atoms with Crippen molar-refractivity contribution < 1.29 is 9.13 Å². The van der Waals surface area contributed by atoms with Gasteiger partial charge in [0.1, 0.15) is 11.6 Å². The molecule has 20 heavy (non-hydrogen) atoms. The second kappa shape index (κ2) is 6.41. The summed E-state index contributed by atoms with van der Waals surface area (Å²) in [5.41, 5.74) is 9.16. The minimum absolute atomic E-state index is 0.262. The maximum absolute atomic E-state index is 13.2. The molecule has 0 aliphatic rings. The molecule has 5 heteroatoms. The number of rotatable bonds is 3. The third-order valence-electron chi connectivity index (χ3n) is 3.14. The van der Waals surface area contributed by atoms with Crippen LogP contribution in [0.3, 0.4) is 0 Å². The normalized spacial score (nSPS) is 12.3. The van der Waals surface area contributed by atoms with E-state index in [4.69, 9.17) is 10.5 Å². The van der Waals surface area contributed by atoms with E-state index in [1.165, 1.54) is 12.1 Å². The lowest BCUT2D eigenvalue weighted by atomic mass is 9.97. The van der Waals surface area contributed by atoms with E-state index >= 15 is 0 Å². The van der Waals surface area contributed by atoms with Gasteiger partial charge in [-0.2, -0.15) is 0 Å². The fourth-order valence-electron chi connectivity index (χ4n) is 2.01. The Balaban J connectivity index is 2.52. The Morgan fingerprint density at radius 1 is 1.25 bits per heavy atom. The zero-order valence-corrected chi connectivity index (χ0v) is 14.8. The maximum atomic E-state index is 13.2. The lowest BCUT2D eigenvalue weighted by Crippen LogP contribution is -2.15. The Bertz CT molecular complexity index is 648. The van der Waals surface area contributed by atoms with Gasteiger partial charge < -0.3 is 10.5 Å². The first kappa shape index (κ1) is 15.7. The molecule has 0 aromatic heterocycles. The summed E-state index contributed by atoms with van der Waals surface area (Å²) in [6, 6.07) is 8.15. The summed E-state index contributed by atoms with van der Waals surface area (Å²) >= 11 is 5.60. The van der Waals surface area contributed by atoms with Crippen LogP contribution in [-0.4, -0.2) is 7.11 Å². The molecular weight excluding hydrogens is 436 g/mol. The fourth-order valence-corrected chi connectivity index (χ4v) is 3.19. The molecule has 2 N–H and O–H groups in total. The van der Waals surface area contributed by atoms with Gasteiger partial charge in [-0.3, -0.25) is 0 Å². The van der Waals surface area contributed by atoms with Gasteiger partial charge in [0.2, 0.25) is 0 Å². The smallest absolute Gasteiger partial charge is 0.124 e. The summed E-state index contributed by atoms with van der Waals surface area (Å²) in [5.74, 6) is 0.473. The van der Waals surface area contributed by atoms with Gasteiger partial charge in [-0.1, -0.05) is 22.0 Å². The van der Waals surface area contributed by atoms with E-state index in [1.807, 2.05) is 19.1 Å². The van der Waals surface area contributed by atoms with Crippen LogP contribution in [0.1, 0.15) is 22.7 Å². The number of benzene rings is 2. The average Bonchev–Trinajstić information content (AvgIpc) is 2.40. The Hall–Kier alpha value is -0.660. The fraction of sp³-hybridized carbons (Fsp3) is 0.200. The van der Waals surface area contributed by atoms with Crippen molar-refractivity contribution in [3.63, 3.8) is 0 Å². The molecule has 0 aliphatic carbocycles. The highest BCUT2D eigenvalue weighted by Crippen LogP contribution is 2.34. The summed E-state index contributed by atoms with van der Waals surface area (Å²) in [7, 11) is 1.62. The minimum Gasteiger partial charge on any atom is -0.496 e. The van der Waals surface area contributed by atoms with E-state index in [0.717, 1.165) is 30.5 Å². The molecule has 2 nitrogen and oxygen atoms in total. The van der Waals surface area contributed by atoms with Crippen molar-refractivity contribution in [2.45, 2.75) is 13.0 Å². The monoisotopic (exact) mass is 449 g/mol. The molecule has 106 valence electrons. The molecule has 2 rings (SSSR count). The van der Waals surface area contributed by atoms with Crippen LogP contribution in [0.15, 0.2) is 34.8 Å². The SMILES string of the molecule is COc1cc(C)c(Br)cc1C(N)c1ccc(F)cc1I.